The Morgan fingerprint density at radius 2 is 1.70 bits per heavy atom. The highest BCUT2D eigenvalue weighted by molar-refractivity contribution is 5.74. The zero-order valence-electron chi connectivity index (χ0n) is 11.9. The van der Waals surface area contributed by atoms with Gasteiger partial charge in [-0.25, -0.2) is 0 Å². The largest absolute Gasteiger partial charge is 0.493 e. The summed E-state index contributed by atoms with van der Waals surface area (Å²) in [6.07, 6.45) is 1.60. The molecule has 0 aliphatic rings. The molecule has 0 radical (unpaired) electrons. The van der Waals surface area contributed by atoms with E-state index in [1.807, 2.05) is 6.92 Å². The molecule has 5 nitrogen and oxygen atoms in total. The van der Waals surface area contributed by atoms with E-state index >= 15 is 0 Å². The van der Waals surface area contributed by atoms with Gasteiger partial charge in [0.05, 0.1) is 13.7 Å². The zero-order valence-corrected chi connectivity index (χ0v) is 11.9. The third-order valence-corrected chi connectivity index (χ3v) is 2.52. The second-order valence-corrected chi connectivity index (χ2v) is 4.20. The molecule has 0 N–H and O–H groups in total. The third-order valence-electron chi connectivity index (χ3n) is 2.52. The zero-order chi connectivity index (χ0) is 14.8. The second-order valence-electron chi connectivity index (χ2n) is 4.20. The molecule has 0 aliphatic heterocycles. The molecule has 1 aromatic carbocycles. The molecular formula is C15H20O5. The van der Waals surface area contributed by atoms with Crippen LogP contribution in [0.25, 0.3) is 0 Å². The summed E-state index contributed by atoms with van der Waals surface area (Å²) >= 11 is 0. The fourth-order valence-corrected chi connectivity index (χ4v) is 1.54. The van der Waals surface area contributed by atoms with Crippen molar-refractivity contribution in [2.75, 3.05) is 13.7 Å². The first-order valence-corrected chi connectivity index (χ1v) is 6.66. The number of benzene rings is 1. The van der Waals surface area contributed by atoms with Gasteiger partial charge in [-0.2, -0.15) is 0 Å². The molecule has 0 heterocycles. The minimum Gasteiger partial charge on any atom is -0.493 e. The van der Waals surface area contributed by atoms with Crippen LogP contribution in [-0.4, -0.2) is 25.7 Å². The fourth-order valence-electron chi connectivity index (χ4n) is 1.54. The van der Waals surface area contributed by atoms with Crippen LogP contribution in [-0.2, 0) is 14.3 Å². The van der Waals surface area contributed by atoms with Gasteiger partial charge in [0.25, 0.3) is 0 Å². The summed E-state index contributed by atoms with van der Waals surface area (Å²) in [6, 6.07) is 6.92. The van der Waals surface area contributed by atoms with Crippen molar-refractivity contribution < 1.29 is 23.8 Å². The molecule has 0 unspecified atom stereocenters. The molecule has 0 saturated heterocycles. The molecule has 0 aliphatic carbocycles. The number of rotatable bonds is 8. The van der Waals surface area contributed by atoms with Gasteiger partial charge < -0.3 is 14.2 Å². The molecule has 0 atom stereocenters. The Bertz CT molecular complexity index is 442. The Labute approximate surface area is 118 Å². The van der Waals surface area contributed by atoms with Gasteiger partial charge in [0, 0.05) is 12.8 Å². The number of ether oxygens (including phenoxy) is 3. The monoisotopic (exact) mass is 280 g/mol. The van der Waals surface area contributed by atoms with E-state index < -0.39 is 5.97 Å². The smallest absolute Gasteiger partial charge is 0.311 e. The van der Waals surface area contributed by atoms with Crippen LogP contribution >= 0.6 is 0 Å². The van der Waals surface area contributed by atoms with Crippen LogP contribution in [0.4, 0.5) is 0 Å². The normalized spacial score (nSPS) is 9.90. The molecule has 1 rings (SSSR count). The van der Waals surface area contributed by atoms with Crippen molar-refractivity contribution in [2.24, 2.45) is 0 Å². The Balaban J connectivity index is 2.31. The van der Waals surface area contributed by atoms with Crippen LogP contribution in [0.2, 0.25) is 0 Å². The second kappa shape index (κ2) is 8.96. The van der Waals surface area contributed by atoms with Gasteiger partial charge in [-0.05, 0) is 25.0 Å². The number of carbonyl (C=O) groups excluding carboxylic acids is 2. The lowest BCUT2D eigenvalue weighted by atomic mass is 10.2. The van der Waals surface area contributed by atoms with Gasteiger partial charge in [-0.15, -0.1) is 0 Å². The molecule has 1 aromatic rings. The van der Waals surface area contributed by atoms with Crippen LogP contribution in [0.15, 0.2) is 24.3 Å². The average molecular weight is 280 g/mol. The van der Waals surface area contributed by atoms with E-state index in [0.717, 1.165) is 6.42 Å². The first-order valence-electron chi connectivity index (χ1n) is 6.66. The lowest BCUT2D eigenvalue weighted by Crippen LogP contribution is -2.10. The fraction of sp³-hybridized carbons (Fsp3) is 0.467. The predicted molar refractivity (Wildman–Crippen MR) is 73.7 cm³/mol. The van der Waals surface area contributed by atoms with Crippen LogP contribution in [0, 0.1) is 0 Å². The quantitative estimate of drug-likeness (QED) is 0.541. The Morgan fingerprint density at radius 1 is 1.05 bits per heavy atom. The van der Waals surface area contributed by atoms with E-state index in [9.17, 15) is 9.59 Å². The minimum absolute atomic E-state index is 0.166. The van der Waals surface area contributed by atoms with Crippen LogP contribution in [0.3, 0.4) is 0 Å². The van der Waals surface area contributed by atoms with E-state index in [0.29, 0.717) is 24.5 Å². The summed E-state index contributed by atoms with van der Waals surface area (Å²) < 4.78 is 15.2. The number of hydrogen-bond donors (Lipinski definition) is 0. The summed E-state index contributed by atoms with van der Waals surface area (Å²) in [5.74, 6) is 0.214. The highest BCUT2D eigenvalue weighted by atomic mass is 16.6. The SMILES string of the molecule is CCCOC(=O)CCCC(=O)Oc1ccccc1OC. The van der Waals surface area contributed by atoms with Crippen molar-refractivity contribution in [1.82, 2.24) is 0 Å². The Kier molecular flexibility index (Phi) is 7.17. The summed E-state index contributed by atoms with van der Waals surface area (Å²) in [4.78, 5) is 22.9. The Morgan fingerprint density at radius 3 is 2.35 bits per heavy atom. The molecular weight excluding hydrogens is 260 g/mol. The van der Waals surface area contributed by atoms with Gasteiger partial charge in [0.15, 0.2) is 11.5 Å². The molecule has 20 heavy (non-hydrogen) atoms. The van der Waals surface area contributed by atoms with Crippen LogP contribution < -0.4 is 9.47 Å². The molecule has 0 spiro atoms. The van der Waals surface area contributed by atoms with Gasteiger partial charge in [-0.3, -0.25) is 9.59 Å². The van der Waals surface area contributed by atoms with Crippen molar-refractivity contribution in [1.29, 1.82) is 0 Å². The van der Waals surface area contributed by atoms with Crippen LogP contribution in [0.1, 0.15) is 32.6 Å². The van der Waals surface area contributed by atoms with Crippen LogP contribution in [0.5, 0.6) is 11.5 Å². The molecule has 0 fully saturated rings. The molecule has 0 bridgehead atoms. The summed E-state index contributed by atoms with van der Waals surface area (Å²) in [7, 11) is 1.51. The molecule has 0 aromatic heterocycles. The van der Waals surface area contributed by atoms with E-state index in [-0.39, 0.29) is 18.8 Å². The lowest BCUT2D eigenvalue weighted by molar-refractivity contribution is -0.144. The highest BCUT2D eigenvalue weighted by Crippen LogP contribution is 2.26. The summed E-state index contributed by atoms with van der Waals surface area (Å²) in [6.45, 7) is 2.35. The van der Waals surface area contributed by atoms with Gasteiger partial charge in [-0.1, -0.05) is 19.1 Å². The number of esters is 2. The molecule has 0 amide bonds. The molecule has 110 valence electrons. The first kappa shape index (κ1) is 16.0. The van der Waals surface area contributed by atoms with Gasteiger partial charge in [0.2, 0.25) is 0 Å². The maximum atomic E-state index is 11.6. The average Bonchev–Trinajstić information content (AvgIpc) is 2.45. The van der Waals surface area contributed by atoms with Gasteiger partial charge >= 0.3 is 11.9 Å². The van der Waals surface area contributed by atoms with Crippen molar-refractivity contribution in [3.63, 3.8) is 0 Å². The summed E-state index contributed by atoms with van der Waals surface area (Å²) in [5.41, 5.74) is 0. The van der Waals surface area contributed by atoms with Crippen molar-refractivity contribution in [2.45, 2.75) is 32.6 Å². The predicted octanol–water partition coefficient (Wildman–Crippen LogP) is 2.72. The van der Waals surface area contributed by atoms with E-state index in [1.54, 1.807) is 24.3 Å². The standard InChI is InChI=1S/C15H20O5/c1-3-11-19-14(16)9-6-10-15(17)20-13-8-5-4-7-12(13)18-2/h4-5,7-8H,3,6,9-11H2,1-2H3. The number of hydrogen-bond acceptors (Lipinski definition) is 5. The Hall–Kier alpha value is -2.04. The maximum absolute atomic E-state index is 11.6. The van der Waals surface area contributed by atoms with Crippen molar-refractivity contribution >= 4 is 11.9 Å². The van der Waals surface area contributed by atoms with Gasteiger partial charge in [0.1, 0.15) is 0 Å². The maximum Gasteiger partial charge on any atom is 0.311 e. The third kappa shape index (κ3) is 5.73. The number of carbonyl (C=O) groups is 2. The molecule has 5 heteroatoms. The van der Waals surface area contributed by atoms with E-state index in [4.69, 9.17) is 14.2 Å². The summed E-state index contributed by atoms with van der Waals surface area (Å²) in [5, 5.41) is 0. The lowest BCUT2D eigenvalue weighted by Gasteiger charge is -2.08. The van der Waals surface area contributed by atoms with E-state index in [1.165, 1.54) is 7.11 Å². The topological polar surface area (TPSA) is 61.8 Å². The first-order chi connectivity index (χ1) is 9.67. The van der Waals surface area contributed by atoms with Crippen molar-refractivity contribution in [3.8, 4) is 11.5 Å². The van der Waals surface area contributed by atoms with Crippen molar-refractivity contribution in [3.05, 3.63) is 24.3 Å². The minimum atomic E-state index is -0.391. The molecule has 0 saturated carbocycles. The van der Waals surface area contributed by atoms with E-state index in [2.05, 4.69) is 0 Å². The number of para-hydroxylation sites is 2. The number of methoxy groups -OCH3 is 1. The highest BCUT2D eigenvalue weighted by Gasteiger charge is 2.10.